The van der Waals surface area contributed by atoms with Crippen molar-refractivity contribution in [2.45, 2.75) is 0 Å². The lowest BCUT2D eigenvalue weighted by Crippen LogP contribution is -2.54. The van der Waals surface area contributed by atoms with E-state index in [4.69, 9.17) is 20.8 Å². The molecule has 0 aliphatic carbocycles. The van der Waals surface area contributed by atoms with Gasteiger partial charge in [-0.3, -0.25) is 25.0 Å². The lowest BCUT2D eigenvalue weighted by Gasteiger charge is -2.26. The maximum atomic E-state index is 12.9. The van der Waals surface area contributed by atoms with Crippen LogP contribution in [-0.4, -0.2) is 29.9 Å². The molecule has 1 N–H and O–H groups in total. The summed E-state index contributed by atoms with van der Waals surface area (Å²) in [4.78, 5) is 49.2. The van der Waals surface area contributed by atoms with E-state index in [1.807, 2.05) is 0 Å². The molecular formula is C22H14ClN3O7. The third-order valence-corrected chi connectivity index (χ3v) is 5.02. The zero-order chi connectivity index (χ0) is 23.7. The van der Waals surface area contributed by atoms with Crippen LogP contribution < -0.4 is 15.0 Å². The number of imide groups is 2. The molecule has 0 atom stereocenters. The van der Waals surface area contributed by atoms with Crippen LogP contribution in [0.25, 0.3) is 17.4 Å². The van der Waals surface area contributed by atoms with Gasteiger partial charge < -0.3 is 9.15 Å². The van der Waals surface area contributed by atoms with Crippen LogP contribution in [0.4, 0.5) is 16.2 Å². The minimum atomic E-state index is -0.904. The Morgan fingerprint density at radius 1 is 1.09 bits per heavy atom. The maximum absolute atomic E-state index is 12.9. The minimum Gasteiger partial charge on any atom is -0.497 e. The third kappa shape index (κ3) is 4.19. The number of carbonyl (C=O) groups is 3. The number of anilines is 1. The fourth-order valence-corrected chi connectivity index (χ4v) is 3.32. The molecule has 1 aliphatic rings. The Balaban J connectivity index is 1.69. The second-order valence-corrected chi connectivity index (χ2v) is 7.21. The molecule has 4 amide bonds. The average Bonchev–Trinajstić information content (AvgIpc) is 3.26. The van der Waals surface area contributed by atoms with Gasteiger partial charge in [0, 0.05) is 5.02 Å². The van der Waals surface area contributed by atoms with E-state index in [0.29, 0.717) is 10.8 Å². The van der Waals surface area contributed by atoms with E-state index in [2.05, 4.69) is 5.32 Å². The summed E-state index contributed by atoms with van der Waals surface area (Å²) in [5.41, 5.74) is -0.194. The molecule has 10 nitrogen and oxygen atoms in total. The highest BCUT2D eigenvalue weighted by molar-refractivity contribution is 6.39. The van der Waals surface area contributed by atoms with E-state index >= 15 is 0 Å². The van der Waals surface area contributed by atoms with E-state index in [1.165, 1.54) is 61.7 Å². The van der Waals surface area contributed by atoms with Crippen LogP contribution in [-0.2, 0) is 9.59 Å². The van der Waals surface area contributed by atoms with Gasteiger partial charge in [-0.2, -0.15) is 0 Å². The van der Waals surface area contributed by atoms with Crippen molar-refractivity contribution >= 4 is 46.9 Å². The van der Waals surface area contributed by atoms with E-state index in [1.54, 1.807) is 0 Å². The van der Waals surface area contributed by atoms with Crippen molar-refractivity contribution < 1.29 is 28.5 Å². The maximum Gasteiger partial charge on any atom is 0.335 e. The van der Waals surface area contributed by atoms with E-state index in [0.717, 1.165) is 11.0 Å². The van der Waals surface area contributed by atoms with E-state index < -0.39 is 22.8 Å². The highest BCUT2D eigenvalue weighted by Gasteiger charge is 2.37. The van der Waals surface area contributed by atoms with Crippen molar-refractivity contribution in [1.29, 1.82) is 0 Å². The van der Waals surface area contributed by atoms with Crippen LogP contribution in [0, 0.1) is 10.1 Å². The van der Waals surface area contributed by atoms with Crippen molar-refractivity contribution in [2.24, 2.45) is 0 Å². The topological polar surface area (TPSA) is 132 Å². The molecule has 0 spiro atoms. The van der Waals surface area contributed by atoms with Crippen LogP contribution in [0.15, 0.2) is 64.6 Å². The molecule has 33 heavy (non-hydrogen) atoms. The Bertz CT molecular complexity index is 1330. The molecular weight excluding hydrogens is 454 g/mol. The number of methoxy groups -OCH3 is 1. The number of benzene rings is 2. The van der Waals surface area contributed by atoms with Gasteiger partial charge in [-0.25, -0.2) is 9.69 Å². The standard InChI is InChI=1S/C22H14ClN3O7/c1-32-14-6-8-16(18(11-14)26(30)31)19-9-7-15(33-19)10-17-20(27)24-22(29)25(21(17)28)13-4-2-12(23)3-5-13/h2-11H,1H3,(H,24,27,29)/b17-10-. The van der Waals surface area contributed by atoms with Crippen molar-refractivity contribution in [3.05, 3.63) is 81.1 Å². The number of nitrogens with zero attached hydrogens (tertiary/aromatic N) is 2. The van der Waals surface area contributed by atoms with Gasteiger partial charge in [-0.15, -0.1) is 0 Å². The zero-order valence-corrected chi connectivity index (χ0v) is 17.7. The van der Waals surface area contributed by atoms with Crippen molar-refractivity contribution in [3.63, 3.8) is 0 Å². The monoisotopic (exact) mass is 467 g/mol. The fraction of sp³-hybridized carbons (Fsp3) is 0.0455. The largest absolute Gasteiger partial charge is 0.497 e. The number of furan rings is 1. The first-order valence-electron chi connectivity index (χ1n) is 9.38. The minimum absolute atomic E-state index is 0.0824. The highest BCUT2D eigenvalue weighted by atomic mass is 35.5. The molecule has 1 aliphatic heterocycles. The number of urea groups is 1. The van der Waals surface area contributed by atoms with Crippen LogP contribution in [0.2, 0.25) is 5.02 Å². The molecule has 0 bridgehead atoms. The summed E-state index contributed by atoms with van der Waals surface area (Å²) in [6.07, 6.45) is 1.16. The fourth-order valence-electron chi connectivity index (χ4n) is 3.20. The van der Waals surface area contributed by atoms with Gasteiger partial charge in [-0.05, 0) is 54.6 Å². The van der Waals surface area contributed by atoms with Crippen LogP contribution in [0.1, 0.15) is 5.76 Å². The van der Waals surface area contributed by atoms with Crippen LogP contribution in [0.3, 0.4) is 0 Å². The first-order chi connectivity index (χ1) is 15.8. The number of ether oxygens (including phenoxy) is 1. The van der Waals surface area contributed by atoms with Gasteiger partial charge in [0.05, 0.1) is 29.4 Å². The van der Waals surface area contributed by atoms with Crippen molar-refractivity contribution in [2.75, 3.05) is 12.0 Å². The Hall–Kier alpha value is -4.44. The Morgan fingerprint density at radius 2 is 1.82 bits per heavy atom. The van der Waals surface area contributed by atoms with Crippen molar-refractivity contribution in [1.82, 2.24) is 5.32 Å². The van der Waals surface area contributed by atoms with Crippen LogP contribution >= 0.6 is 11.6 Å². The van der Waals surface area contributed by atoms with E-state index in [9.17, 15) is 24.5 Å². The van der Waals surface area contributed by atoms with Gasteiger partial charge in [0.1, 0.15) is 22.8 Å². The molecule has 4 rings (SSSR count). The molecule has 1 fully saturated rings. The molecule has 0 radical (unpaired) electrons. The Kier molecular flexibility index (Phi) is 5.67. The smallest absolute Gasteiger partial charge is 0.335 e. The van der Waals surface area contributed by atoms with E-state index in [-0.39, 0.29) is 34.0 Å². The number of hydrogen-bond acceptors (Lipinski definition) is 7. The molecule has 2 aromatic carbocycles. The number of nitro groups is 1. The summed E-state index contributed by atoms with van der Waals surface area (Å²) in [5.74, 6) is -1.23. The Labute approximate surface area is 191 Å². The summed E-state index contributed by atoms with van der Waals surface area (Å²) in [7, 11) is 1.39. The molecule has 0 unspecified atom stereocenters. The summed E-state index contributed by atoms with van der Waals surface area (Å²) in [6.45, 7) is 0. The predicted octanol–water partition coefficient (Wildman–Crippen LogP) is 4.18. The number of carbonyl (C=O) groups excluding carboxylic acids is 3. The molecule has 3 aromatic rings. The third-order valence-electron chi connectivity index (χ3n) is 4.77. The zero-order valence-electron chi connectivity index (χ0n) is 16.9. The Morgan fingerprint density at radius 3 is 2.48 bits per heavy atom. The molecule has 1 aromatic heterocycles. The number of nitro benzene ring substituents is 1. The number of barbiturate groups is 1. The lowest BCUT2D eigenvalue weighted by molar-refractivity contribution is -0.384. The summed E-state index contributed by atoms with van der Waals surface area (Å²) in [5, 5.41) is 14.0. The summed E-state index contributed by atoms with van der Waals surface area (Å²) < 4.78 is 10.7. The number of halogens is 1. The first-order valence-corrected chi connectivity index (χ1v) is 9.76. The highest BCUT2D eigenvalue weighted by Crippen LogP contribution is 2.34. The average molecular weight is 468 g/mol. The number of nitrogens with one attached hydrogen (secondary N) is 1. The predicted molar refractivity (Wildman–Crippen MR) is 118 cm³/mol. The van der Waals surface area contributed by atoms with Crippen LogP contribution in [0.5, 0.6) is 5.75 Å². The van der Waals surface area contributed by atoms with Gasteiger partial charge in [0.25, 0.3) is 17.5 Å². The second-order valence-electron chi connectivity index (χ2n) is 6.78. The number of hydrogen-bond donors (Lipinski definition) is 1. The SMILES string of the molecule is COc1ccc(-c2ccc(/C=C3/C(=O)NC(=O)N(c4ccc(Cl)cc4)C3=O)o2)c([N+](=O)[O-])c1. The molecule has 0 saturated carbocycles. The molecule has 2 heterocycles. The second kappa shape index (κ2) is 8.60. The summed E-state index contributed by atoms with van der Waals surface area (Å²) >= 11 is 5.85. The molecule has 11 heteroatoms. The van der Waals surface area contributed by atoms with Gasteiger partial charge in [0.2, 0.25) is 0 Å². The van der Waals surface area contributed by atoms with Gasteiger partial charge in [0.15, 0.2) is 0 Å². The molecule has 166 valence electrons. The lowest BCUT2D eigenvalue weighted by atomic mass is 10.1. The first kappa shape index (κ1) is 21.8. The van der Waals surface area contributed by atoms with Crippen molar-refractivity contribution in [3.8, 4) is 17.1 Å². The number of rotatable bonds is 5. The normalized spacial score (nSPS) is 15.0. The summed E-state index contributed by atoms with van der Waals surface area (Å²) in [6, 6.07) is 12.2. The van der Waals surface area contributed by atoms with Gasteiger partial charge >= 0.3 is 6.03 Å². The number of amides is 4. The van der Waals surface area contributed by atoms with Gasteiger partial charge in [-0.1, -0.05) is 11.6 Å². The quantitative estimate of drug-likeness (QED) is 0.257. The molecule has 1 saturated heterocycles.